The van der Waals surface area contributed by atoms with Crippen molar-refractivity contribution >= 4 is 17.2 Å². The molecule has 3 nitrogen and oxygen atoms in total. The standard InChI is InChI=1S/C15H20ClN3/c1-11-5-12(2)7-18(6-11)9-14-10-19-8-13(16)3-4-15(19)17-14/h3-4,8,10-12H,5-7,9H2,1-2H3. The molecule has 3 rings (SSSR count). The van der Waals surface area contributed by atoms with Crippen LogP contribution in [0.3, 0.4) is 0 Å². The minimum absolute atomic E-state index is 0.747. The Balaban J connectivity index is 1.77. The van der Waals surface area contributed by atoms with E-state index in [0.29, 0.717) is 0 Å². The third kappa shape index (κ3) is 2.93. The molecule has 0 bridgehead atoms. The van der Waals surface area contributed by atoms with Gasteiger partial charge in [0.05, 0.1) is 10.7 Å². The van der Waals surface area contributed by atoms with E-state index in [1.807, 2.05) is 22.7 Å². The number of likely N-dealkylation sites (tertiary alicyclic amines) is 1. The predicted octanol–water partition coefficient (Wildman–Crippen LogP) is 3.47. The first-order valence-electron chi connectivity index (χ1n) is 6.95. The van der Waals surface area contributed by atoms with E-state index in [-0.39, 0.29) is 0 Å². The van der Waals surface area contributed by atoms with E-state index in [2.05, 4.69) is 29.9 Å². The largest absolute Gasteiger partial charge is 0.305 e. The number of hydrogen-bond acceptors (Lipinski definition) is 2. The maximum atomic E-state index is 6.00. The van der Waals surface area contributed by atoms with Crippen molar-refractivity contribution in [3.63, 3.8) is 0 Å². The molecule has 102 valence electrons. The van der Waals surface area contributed by atoms with Crippen LogP contribution in [0.1, 0.15) is 26.0 Å². The molecule has 0 spiro atoms. The Kier molecular flexibility index (Phi) is 3.50. The van der Waals surface area contributed by atoms with Gasteiger partial charge in [-0.2, -0.15) is 0 Å². The van der Waals surface area contributed by atoms with Gasteiger partial charge in [0.15, 0.2) is 0 Å². The fourth-order valence-electron chi connectivity index (χ4n) is 3.24. The van der Waals surface area contributed by atoms with E-state index in [1.54, 1.807) is 0 Å². The minimum Gasteiger partial charge on any atom is -0.305 e. The number of rotatable bonds is 2. The summed E-state index contributed by atoms with van der Waals surface area (Å²) in [5.41, 5.74) is 2.10. The first kappa shape index (κ1) is 12.9. The third-order valence-electron chi connectivity index (χ3n) is 3.79. The third-order valence-corrected chi connectivity index (χ3v) is 4.02. The molecule has 0 aromatic carbocycles. The molecule has 19 heavy (non-hydrogen) atoms. The van der Waals surface area contributed by atoms with Gasteiger partial charge in [-0.05, 0) is 30.4 Å². The van der Waals surface area contributed by atoms with Gasteiger partial charge in [0, 0.05) is 32.0 Å². The van der Waals surface area contributed by atoms with Crippen molar-refractivity contribution in [1.82, 2.24) is 14.3 Å². The van der Waals surface area contributed by atoms with Gasteiger partial charge in [-0.15, -0.1) is 0 Å². The highest BCUT2D eigenvalue weighted by atomic mass is 35.5. The summed E-state index contributed by atoms with van der Waals surface area (Å²) < 4.78 is 2.01. The molecule has 1 aliphatic rings. The lowest BCUT2D eigenvalue weighted by Crippen LogP contribution is -2.38. The molecule has 2 aromatic heterocycles. The number of halogens is 1. The molecular weight excluding hydrogens is 258 g/mol. The topological polar surface area (TPSA) is 20.5 Å². The molecule has 0 radical (unpaired) electrons. The van der Waals surface area contributed by atoms with Crippen molar-refractivity contribution in [2.24, 2.45) is 11.8 Å². The average Bonchev–Trinajstić information content (AvgIpc) is 2.68. The summed E-state index contributed by atoms with van der Waals surface area (Å²) in [6.45, 7) is 7.98. The molecule has 1 fully saturated rings. The second kappa shape index (κ2) is 5.14. The monoisotopic (exact) mass is 277 g/mol. The van der Waals surface area contributed by atoms with Crippen LogP contribution >= 0.6 is 11.6 Å². The highest BCUT2D eigenvalue weighted by Crippen LogP contribution is 2.22. The number of nitrogens with zero attached hydrogens (tertiary/aromatic N) is 3. The lowest BCUT2D eigenvalue weighted by molar-refractivity contribution is 0.133. The molecular formula is C15H20ClN3. The highest BCUT2D eigenvalue weighted by Gasteiger charge is 2.22. The van der Waals surface area contributed by atoms with Crippen LogP contribution in [0.4, 0.5) is 0 Å². The summed E-state index contributed by atoms with van der Waals surface area (Å²) in [7, 11) is 0. The molecule has 1 aliphatic heterocycles. The SMILES string of the molecule is CC1CC(C)CN(Cc2cn3cc(Cl)ccc3n2)C1. The molecule has 0 saturated carbocycles. The maximum Gasteiger partial charge on any atom is 0.137 e. The van der Waals surface area contributed by atoms with Crippen LogP contribution in [0.15, 0.2) is 24.5 Å². The van der Waals surface area contributed by atoms with E-state index >= 15 is 0 Å². The zero-order chi connectivity index (χ0) is 13.4. The normalized spacial score (nSPS) is 25.0. The van der Waals surface area contributed by atoms with E-state index in [1.165, 1.54) is 19.5 Å². The lowest BCUT2D eigenvalue weighted by Gasteiger charge is -2.34. The smallest absolute Gasteiger partial charge is 0.137 e. The van der Waals surface area contributed by atoms with Crippen LogP contribution in [0.5, 0.6) is 0 Å². The van der Waals surface area contributed by atoms with Gasteiger partial charge in [-0.25, -0.2) is 4.98 Å². The molecule has 4 heteroatoms. The van der Waals surface area contributed by atoms with Crippen molar-refractivity contribution in [3.8, 4) is 0 Å². The fourth-order valence-corrected chi connectivity index (χ4v) is 3.41. The van der Waals surface area contributed by atoms with E-state index in [4.69, 9.17) is 11.6 Å². The summed E-state index contributed by atoms with van der Waals surface area (Å²) in [4.78, 5) is 7.18. The molecule has 0 N–H and O–H groups in total. The Labute approximate surface area is 119 Å². The van der Waals surface area contributed by atoms with E-state index < -0.39 is 0 Å². The minimum atomic E-state index is 0.747. The van der Waals surface area contributed by atoms with Crippen LogP contribution < -0.4 is 0 Å². The summed E-state index contributed by atoms with van der Waals surface area (Å²) >= 11 is 6.00. The molecule has 2 unspecified atom stereocenters. The number of pyridine rings is 1. The first-order valence-corrected chi connectivity index (χ1v) is 7.33. The highest BCUT2D eigenvalue weighted by molar-refractivity contribution is 6.30. The number of fused-ring (bicyclic) bond motifs is 1. The molecule has 3 heterocycles. The van der Waals surface area contributed by atoms with Crippen molar-refractivity contribution in [2.45, 2.75) is 26.8 Å². The Morgan fingerprint density at radius 1 is 1.21 bits per heavy atom. The van der Waals surface area contributed by atoms with Gasteiger partial charge < -0.3 is 4.40 Å². The zero-order valence-electron chi connectivity index (χ0n) is 11.5. The van der Waals surface area contributed by atoms with Gasteiger partial charge >= 0.3 is 0 Å². The Morgan fingerprint density at radius 3 is 2.68 bits per heavy atom. The van der Waals surface area contributed by atoms with Gasteiger partial charge in [-0.1, -0.05) is 25.4 Å². The Bertz CT molecular complexity index is 568. The molecule has 2 aromatic rings. The van der Waals surface area contributed by atoms with Crippen LogP contribution in [-0.4, -0.2) is 27.4 Å². The zero-order valence-corrected chi connectivity index (χ0v) is 12.3. The van der Waals surface area contributed by atoms with Gasteiger partial charge in [-0.3, -0.25) is 4.90 Å². The number of aromatic nitrogens is 2. The van der Waals surface area contributed by atoms with Crippen LogP contribution in [0.25, 0.3) is 5.65 Å². The average molecular weight is 278 g/mol. The van der Waals surface area contributed by atoms with E-state index in [0.717, 1.165) is 34.7 Å². The van der Waals surface area contributed by atoms with Crippen molar-refractivity contribution in [2.75, 3.05) is 13.1 Å². The summed E-state index contributed by atoms with van der Waals surface area (Å²) in [5.74, 6) is 1.57. The predicted molar refractivity (Wildman–Crippen MR) is 78.4 cm³/mol. The van der Waals surface area contributed by atoms with Gasteiger partial charge in [0.1, 0.15) is 5.65 Å². The number of hydrogen-bond donors (Lipinski definition) is 0. The maximum absolute atomic E-state index is 6.00. The summed E-state index contributed by atoms with van der Waals surface area (Å²) in [6.07, 6.45) is 5.34. The van der Waals surface area contributed by atoms with Crippen LogP contribution in [0, 0.1) is 11.8 Å². The van der Waals surface area contributed by atoms with Crippen LogP contribution in [0.2, 0.25) is 5.02 Å². The fraction of sp³-hybridized carbons (Fsp3) is 0.533. The summed E-state index contributed by atoms with van der Waals surface area (Å²) in [5, 5.41) is 0.747. The second-order valence-corrected chi connectivity index (χ2v) is 6.42. The van der Waals surface area contributed by atoms with Crippen molar-refractivity contribution < 1.29 is 0 Å². The Hall–Kier alpha value is -1.06. The van der Waals surface area contributed by atoms with E-state index in [9.17, 15) is 0 Å². The number of imidazole rings is 1. The quantitative estimate of drug-likeness (QED) is 0.838. The molecule has 2 atom stereocenters. The van der Waals surface area contributed by atoms with Crippen molar-refractivity contribution in [1.29, 1.82) is 0 Å². The number of piperidine rings is 1. The molecule has 1 saturated heterocycles. The molecule has 0 amide bonds. The van der Waals surface area contributed by atoms with Crippen molar-refractivity contribution in [3.05, 3.63) is 35.2 Å². The molecule has 0 aliphatic carbocycles. The second-order valence-electron chi connectivity index (χ2n) is 5.99. The summed E-state index contributed by atoms with van der Waals surface area (Å²) in [6, 6.07) is 3.85. The lowest BCUT2D eigenvalue weighted by atomic mass is 9.92. The Morgan fingerprint density at radius 2 is 1.95 bits per heavy atom. The van der Waals surface area contributed by atoms with Gasteiger partial charge in [0.2, 0.25) is 0 Å². The van der Waals surface area contributed by atoms with Gasteiger partial charge in [0.25, 0.3) is 0 Å². The first-order chi connectivity index (χ1) is 9.10. The van der Waals surface area contributed by atoms with Crippen LogP contribution in [-0.2, 0) is 6.54 Å².